The molecule has 0 aromatic heterocycles. The number of carbonyl (C=O) groups excluding carboxylic acids is 1. The highest BCUT2D eigenvalue weighted by molar-refractivity contribution is 6.30. The van der Waals surface area contributed by atoms with Gasteiger partial charge in [0.25, 0.3) is 0 Å². The summed E-state index contributed by atoms with van der Waals surface area (Å²) >= 11 is 5.98. The fourth-order valence-electron chi connectivity index (χ4n) is 3.58. The fourth-order valence-corrected chi connectivity index (χ4v) is 3.77. The zero-order chi connectivity index (χ0) is 23.6. The number of benzene rings is 2. The second-order valence-electron chi connectivity index (χ2n) is 8.53. The molecule has 0 amide bonds. The summed E-state index contributed by atoms with van der Waals surface area (Å²) < 4.78 is 16.0. The summed E-state index contributed by atoms with van der Waals surface area (Å²) in [6.45, 7) is 2.46. The molecule has 3 unspecified atom stereocenters. The normalized spacial score (nSPS) is 20.8. The van der Waals surface area contributed by atoms with Crippen LogP contribution in [0.3, 0.4) is 0 Å². The first-order valence-electron chi connectivity index (χ1n) is 10.9. The molecule has 176 valence electrons. The lowest BCUT2D eigenvalue weighted by Crippen LogP contribution is -2.55. The van der Waals surface area contributed by atoms with Crippen LogP contribution in [0, 0.1) is 5.92 Å². The first kappa shape index (κ1) is 23.4. The zero-order valence-electron chi connectivity index (χ0n) is 18.1. The lowest BCUT2D eigenvalue weighted by atomic mass is 10.1. The third-order valence-corrected chi connectivity index (χ3v) is 5.88. The molecule has 1 heterocycles. The molecule has 1 fully saturated rings. The average Bonchev–Trinajstić information content (AvgIpc) is 3.53. The highest BCUT2D eigenvalue weighted by Gasteiger charge is 2.59. The van der Waals surface area contributed by atoms with Gasteiger partial charge in [0.1, 0.15) is 0 Å². The van der Waals surface area contributed by atoms with E-state index in [1.165, 1.54) is 0 Å². The van der Waals surface area contributed by atoms with Crippen LogP contribution >= 0.6 is 11.6 Å². The van der Waals surface area contributed by atoms with E-state index in [4.69, 9.17) is 25.8 Å². The number of hydrogen-bond acceptors (Lipinski definition) is 7. The smallest absolute Gasteiger partial charge is 0.453 e. The van der Waals surface area contributed by atoms with Crippen LogP contribution < -0.4 is 14.8 Å². The van der Waals surface area contributed by atoms with Gasteiger partial charge >= 0.3 is 17.7 Å². The van der Waals surface area contributed by atoms with Crippen molar-refractivity contribution in [3.63, 3.8) is 0 Å². The van der Waals surface area contributed by atoms with Crippen LogP contribution in [0.15, 0.2) is 42.5 Å². The first-order valence-corrected chi connectivity index (χ1v) is 11.2. The maximum Gasteiger partial charge on any atom is 0.453 e. The lowest BCUT2D eigenvalue weighted by molar-refractivity contribution is -0.199. The summed E-state index contributed by atoms with van der Waals surface area (Å²) in [5.41, 5.74) is 1.57. The van der Waals surface area contributed by atoms with E-state index in [2.05, 4.69) is 5.32 Å². The first-order chi connectivity index (χ1) is 15.8. The van der Waals surface area contributed by atoms with Crippen molar-refractivity contribution >= 4 is 23.5 Å². The molecule has 3 atom stereocenters. The Balaban J connectivity index is 1.36. The number of nitrogens with one attached hydrogen (secondary N) is 1. The molecule has 0 radical (unpaired) electrons. The van der Waals surface area contributed by atoms with Gasteiger partial charge in [-0.1, -0.05) is 29.8 Å². The van der Waals surface area contributed by atoms with Gasteiger partial charge in [-0.25, -0.2) is 9.59 Å². The molecule has 0 bridgehead atoms. The van der Waals surface area contributed by atoms with E-state index in [9.17, 15) is 19.8 Å². The van der Waals surface area contributed by atoms with Gasteiger partial charge in [0, 0.05) is 17.6 Å². The van der Waals surface area contributed by atoms with Gasteiger partial charge < -0.3 is 29.7 Å². The van der Waals surface area contributed by atoms with Crippen molar-refractivity contribution in [3.05, 3.63) is 58.6 Å². The number of carboxylic acids is 1. The Morgan fingerprint density at radius 1 is 1.21 bits per heavy atom. The third-order valence-electron chi connectivity index (χ3n) is 5.65. The minimum Gasteiger partial charge on any atom is -0.475 e. The Morgan fingerprint density at radius 2 is 1.97 bits per heavy atom. The van der Waals surface area contributed by atoms with Gasteiger partial charge in [-0.15, -0.1) is 0 Å². The molecule has 1 aliphatic carbocycles. The number of halogens is 1. The summed E-state index contributed by atoms with van der Waals surface area (Å²) in [6.07, 6.45) is 1.79. The minimum atomic E-state index is -2.53. The van der Waals surface area contributed by atoms with Crippen LogP contribution in [-0.2, 0) is 20.7 Å². The Hall–Kier alpha value is -2.81. The lowest BCUT2D eigenvalue weighted by Gasteiger charge is -2.20. The second-order valence-corrected chi connectivity index (χ2v) is 8.97. The van der Waals surface area contributed by atoms with Crippen LogP contribution in [0.4, 0.5) is 0 Å². The van der Waals surface area contributed by atoms with E-state index < -0.39 is 23.8 Å². The van der Waals surface area contributed by atoms with Gasteiger partial charge in [0.15, 0.2) is 11.5 Å². The molecule has 4 rings (SSSR count). The molecule has 0 spiro atoms. The van der Waals surface area contributed by atoms with Crippen molar-refractivity contribution in [2.45, 2.75) is 44.1 Å². The fraction of sp³-hybridized carbons (Fsp3) is 0.417. The molecule has 0 saturated heterocycles. The summed E-state index contributed by atoms with van der Waals surface area (Å²) in [7, 11) is 0. The predicted molar refractivity (Wildman–Crippen MR) is 119 cm³/mol. The average molecular weight is 476 g/mol. The quantitative estimate of drug-likeness (QED) is 0.355. The summed E-state index contributed by atoms with van der Waals surface area (Å²) in [6, 6.07) is 12.1. The van der Waals surface area contributed by atoms with Crippen molar-refractivity contribution in [2.75, 3.05) is 13.2 Å². The summed E-state index contributed by atoms with van der Waals surface area (Å²) in [4.78, 5) is 24.3. The number of hydrogen-bond donors (Lipinski definition) is 3. The summed E-state index contributed by atoms with van der Waals surface area (Å²) in [5, 5.41) is 23.8. The standard InChI is InChI=1S/C24H26ClNO7/c1-14(26-12-19(27)17-3-2-4-18(25)11-17)9-16-7-8-20-21(10-16)33-24(32-20,22(28)29)23(30)31-13-15-5-6-15/h2-4,7-8,10-11,14-15,19,26-27H,5-6,9,12-13H2,1H3,(H,28,29). The van der Waals surface area contributed by atoms with Gasteiger partial charge in [0.2, 0.25) is 0 Å². The van der Waals surface area contributed by atoms with E-state index in [1.54, 1.807) is 36.4 Å². The van der Waals surface area contributed by atoms with E-state index >= 15 is 0 Å². The van der Waals surface area contributed by atoms with Gasteiger partial charge in [-0.2, -0.15) is 0 Å². The Morgan fingerprint density at radius 3 is 2.67 bits per heavy atom. The van der Waals surface area contributed by atoms with Crippen LogP contribution in [0.1, 0.15) is 37.0 Å². The van der Waals surface area contributed by atoms with Crippen molar-refractivity contribution in [2.24, 2.45) is 5.92 Å². The maximum atomic E-state index is 12.5. The summed E-state index contributed by atoms with van der Waals surface area (Å²) in [5.74, 6) is -4.54. The molecule has 1 saturated carbocycles. The van der Waals surface area contributed by atoms with Crippen molar-refractivity contribution in [1.29, 1.82) is 0 Å². The van der Waals surface area contributed by atoms with Crippen molar-refractivity contribution in [3.8, 4) is 11.5 Å². The van der Waals surface area contributed by atoms with Gasteiger partial charge in [0.05, 0.1) is 12.7 Å². The SMILES string of the molecule is CC(Cc1ccc2c(c1)OC(C(=O)O)(C(=O)OCC1CC1)O2)NCC(O)c1cccc(Cl)c1. The molecule has 2 aromatic rings. The highest BCUT2D eigenvalue weighted by Crippen LogP contribution is 2.41. The van der Waals surface area contributed by atoms with Crippen LogP contribution in [0.5, 0.6) is 11.5 Å². The zero-order valence-corrected chi connectivity index (χ0v) is 18.9. The topological polar surface area (TPSA) is 114 Å². The van der Waals surface area contributed by atoms with E-state index in [0.717, 1.165) is 24.0 Å². The van der Waals surface area contributed by atoms with Crippen LogP contribution in [0.2, 0.25) is 5.02 Å². The molecule has 3 N–H and O–H groups in total. The Kier molecular flexibility index (Phi) is 6.78. The molecular weight excluding hydrogens is 450 g/mol. The molecule has 8 nitrogen and oxygen atoms in total. The van der Waals surface area contributed by atoms with Crippen LogP contribution in [0.25, 0.3) is 0 Å². The van der Waals surface area contributed by atoms with Crippen molar-refractivity contribution in [1.82, 2.24) is 5.32 Å². The monoisotopic (exact) mass is 475 g/mol. The number of esters is 1. The number of fused-ring (bicyclic) bond motifs is 1. The number of carbonyl (C=O) groups is 2. The van der Waals surface area contributed by atoms with E-state index in [-0.39, 0.29) is 30.1 Å². The second kappa shape index (κ2) is 9.59. The molecule has 33 heavy (non-hydrogen) atoms. The van der Waals surface area contributed by atoms with Crippen LogP contribution in [-0.4, -0.2) is 47.1 Å². The van der Waals surface area contributed by atoms with Crippen molar-refractivity contribution < 1.29 is 34.0 Å². The molecular formula is C24H26ClNO7. The number of ether oxygens (including phenoxy) is 3. The van der Waals surface area contributed by atoms with Gasteiger partial charge in [-0.05, 0) is 67.5 Å². The Labute approximate surface area is 196 Å². The number of aliphatic hydroxyl groups is 1. The molecule has 2 aliphatic rings. The number of rotatable bonds is 10. The largest absolute Gasteiger partial charge is 0.475 e. The number of aliphatic hydroxyl groups excluding tert-OH is 1. The van der Waals surface area contributed by atoms with E-state index in [0.29, 0.717) is 18.0 Å². The third kappa shape index (κ3) is 5.40. The number of aliphatic carboxylic acids is 1. The Bertz CT molecular complexity index is 1040. The number of carboxylic acid groups (broad SMARTS) is 1. The maximum absolute atomic E-state index is 12.5. The van der Waals surface area contributed by atoms with E-state index in [1.807, 2.05) is 13.0 Å². The molecule has 2 aromatic carbocycles. The molecule has 1 aliphatic heterocycles. The molecule has 9 heteroatoms. The predicted octanol–water partition coefficient (Wildman–Crippen LogP) is 3.10. The minimum absolute atomic E-state index is 0.00746. The highest BCUT2D eigenvalue weighted by atomic mass is 35.5. The van der Waals surface area contributed by atoms with Gasteiger partial charge in [-0.3, -0.25) is 0 Å².